The Morgan fingerprint density at radius 3 is 2.10 bits per heavy atom. The van der Waals surface area contributed by atoms with E-state index in [-0.39, 0.29) is 51.4 Å². The molecule has 0 saturated heterocycles. The molecule has 0 aliphatic heterocycles. The number of amides is 2. The van der Waals surface area contributed by atoms with Gasteiger partial charge in [0.15, 0.2) is 0 Å². The molecular formula is C4H7KN2O3. The van der Waals surface area contributed by atoms with Crippen LogP contribution in [-0.4, -0.2) is 18.0 Å². The van der Waals surface area contributed by atoms with Gasteiger partial charge in [-0.15, -0.1) is 0 Å². The van der Waals surface area contributed by atoms with Gasteiger partial charge in [-0.1, -0.05) is 0 Å². The molecule has 0 radical (unpaired) electrons. The first-order chi connectivity index (χ1) is 4.04. The van der Waals surface area contributed by atoms with Crippen molar-refractivity contribution < 1.29 is 66.1 Å². The summed E-state index contributed by atoms with van der Waals surface area (Å²) >= 11 is 0. The summed E-state index contributed by atoms with van der Waals surface area (Å²) in [5.74, 6) is -1.35. The van der Waals surface area contributed by atoms with E-state index in [9.17, 15) is 14.7 Å². The zero-order chi connectivity index (χ0) is 7.44. The molecule has 0 spiro atoms. The number of urea groups is 1. The van der Waals surface area contributed by atoms with Crippen molar-refractivity contribution in [2.45, 2.75) is 13.0 Å². The number of primary amides is 1. The summed E-state index contributed by atoms with van der Waals surface area (Å²) in [7, 11) is 0. The first kappa shape index (κ1) is 13.0. The van der Waals surface area contributed by atoms with Crippen LogP contribution in [0.4, 0.5) is 4.79 Å². The Balaban J connectivity index is 0. The van der Waals surface area contributed by atoms with Crippen molar-refractivity contribution in [3.63, 3.8) is 0 Å². The Morgan fingerprint density at radius 1 is 1.60 bits per heavy atom. The van der Waals surface area contributed by atoms with E-state index in [0.29, 0.717) is 0 Å². The van der Waals surface area contributed by atoms with Gasteiger partial charge in [-0.3, -0.25) is 0 Å². The van der Waals surface area contributed by atoms with Gasteiger partial charge in [0, 0.05) is 0 Å². The van der Waals surface area contributed by atoms with Crippen LogP contribution in [0.25, 0.3) is 0 Å². The summed E-state index contributed by atoms with van der Waals surface area (Å²) in [5.41, 5.74) is 4.59. The van der Waals surface area contributed by atoms with E-state index in [1.54, 1.807) is 0 Å². The van der Waals surface area contributed by atoms with Crippen LogP contribution >= 0.6 is 0 Å². The molecule has 0 saturated carbocycles. The number of rotatable bonds is 2. The van der Waals surface area contributed by atoms with Crippen LogP contribution in [0, 0.1) is 0 Å². The third kappa shape index (κ3) is 6.50. The maximum atomic E-state index is 9.93. The second-order valence-electron chi connectivity index (χ2n) is 1.55. The Morgan fingerprint density at radius 2 is 2.00 bits per heavy atom. The molecule has 52 valence electrons. The second kappa shape index (κ2) is 6.11. The van der Waals surface area contributed by atoms with Gasteiger partial charge in [0.05, 0.1) is 12.0 Å². The van der Waals surface area contributed by atoms with Crippen molar-refractivity contribution >= 4 is 12.0 Å². The summed E-state index contributed by atoms with van der Waals surface area (Å²) in [6.45, 7) is 1.26. The quantitative estimate of drug-likeness (QED) is 0.405. The number of hydrogen-bond donors (Lipinski definition) is 2. The van der Waals surface area contributed by atoms with E-state index in [4.69, 9.17) is 0 Å². The van der Waals surface area contributed by atoms with Gasteiger partial charge in [-0.2, -0.15) is 0 Å². The fraction of sp³-hybridized carbons (Fsp3) is 0.500. The van der Waals surface area contributed by atoms with E-state index in [0.717, 1.165) is 0 Å². The molecule has 0 aromatic carbocycles. The predicted molar refractivity (Wildman–Crippen MR) is 27.2 cm³/mol. The molecule has 0 aromatic rings. The average molecular weight is 170 g/mol. The average Bonchev–Trinajstić information content (AvgIpc) is 1.63. The molecular weight excluding hydrogens is 163 g/mol. The zero-order valence-corrected chi connectivity index (χ0v) is 9.00. The molecule has 0 aliphatic carbocycles. The largest absolute Gasteiger partial charge is 1.00 e. The maximum Gasteiger partial charge on any atom is 1.00 e. The van der Waals surface area contributed by atoms with Gasteiger partial charge in [0.2, 0.25) is 0 Å². The number of nitrogens with two attached hydrogens (primary N) is 1. The normalized spacial score (nSPS) is 10.9. The van der Waals surface area contributed by atoms with Crippen molar-refractivity contribution in [1.29, 1.82) is 0 Å². The number of hydrogen-bond acceptors (Lipinski definition) is 3. The molecule has 0 aliphatic rings. The van der Waals surface area contributed by atoms with E-state index in [2.05, 4.69) is 5.73 Å². The Kier molecular flexibility index (Phi) is 7.94. The van der Waals surface area contributed by atoms with Crippen molar-refractivity contribution in [3.05, 3.63) is 0 Å². The fourth-order valence-electron chi connectivity index (χ4n) is 0.272. The van der Waals surface area contributed by atoms with Crippen LogP contribution in [-0.2, 0) is 4.79 Å². The van der Waals surface area contributed by atoms with Crippen LogP contribution in [0.2, 0.25) is 0 Å². The van der Waals surface area contributed by atoms with Gasteiger partial charge < -0.3 is 21.0 Å². The Labute approximate surface area is 101 Å². The number of aliphatic carboxylic acids is 1. The first-order valence-electron chi connectivity index (χ1n) is 2.31. The summed E-state index contributed by atoms with van der Waals surface area (Å²) in [5, 5.41) is 11.8. The van der Waals surface area contributed by atoms with E-state index < -0.39 is 18.0 Å². The van der Waals surface area contributed by atoms with Crippen molar-refractivity contribution in [1.82, 2.24) is 5.32 Å². The summed E-state index contributed by atoms with van der Waals surface area (Å²) in [6, 6.07) is -1.89. The minimum atomic E-state index is -1.35. The third-order valence-electron chi connectivity index (χ3n) is 0.712. The van der Waals surface area contributed by atoms with Gasteiger partial charge in [0.1, 0.15) is 0 Å². The molecule has 10 heavy (non-hydrogen) atoms. The first-order valence-corrected chi connectivity index (χ1v) is 2.31. The predicted octanol–water partition coefficient (Wildman–Crippen LogP) is -5.20. The number of carbonyl (C=O) groups is 2. The fourth-order valence-corrected chi connectivity index (χ4v) is 0.272. The number of carbonyl (C=O) groups excluding carboxylic acids is 2. The molecule has 0 aromatic heterocycles. The number of carboxylic acids is 1. The van der Waals surface area contributed by atoms with E-state index >= 15 is 0 Å². The maximum absolute atomic E-state index is 9.93. The summed E-state index contributed by atoms with van der Waals surface area (Å²) in [4.78, 5) is 19.8. The van der Waals surface area contributed by atoms with Crippen LogP contribution in [0.3, 0.4) is 0 Å². The standard InChI is InChI=1S/C4H8N2O3.K/c1-2(3(7)8)6-4(5)9;/h2H,1H3,(H,7,8)(H3,5,6,9);/q;+1/p-1. The molecule has 0 bridgehead atoms. The van der Waals surface area contributed by atoms with Gasteiger partial charge >= 0.3 is 57.4 Å². The second-order valence-corrected chi connectivity index (χ2v) is 1.55. The minimum absolute atomic E-state index is 0. The Bertz CT molecular complexity index is 138. The van der Waals surface area contributed by atoms with Gasteiger partial charge in [0.25, 0.3) is 0 Å². The van der Waals surface area contributed by atoms with Gasteiger partial charge in [-0.25, -0.2) is 4.79 Å². The monoisotopic (exact) mass is 170 g/mol. The molecule has 1 unspecified atom stereocenters. The Hall–Kier alpha value is 0.376. The molecule has 3 N–H and O–H groups in total. The van der Waals surface area contributed by atoms with E-state index in [1.165, 1.54) is 6.92 Å². The molecule has 5 nitrogen and oxygen atoms in total. The molecule has 0 fully saturated rings. The van der Waals surface area contributed by atoms with E-state index in [1.807, 2.05) is 5.32 Å². The number of carboxylic acid groups (broad SMARTS) is 1. The third-order valence-corrected chi connectivity index (χ3v) is 0.712. The van der Waals surface area contributed by atoms with Crippen LogP contribution in [0.15, 0.2) is 0 Å². The SMILES string of the molecule is CC(NC(N)=O)C(=O)[O-].[K+]. The van der Waals surface area contributed by atoms with Crippen LogP contribution in [0.1, 0.15) is 6.92 Å². The molecule has 1 atom stereocenters. The van der Waals surface area contributed by atoms with Crippen molar-refractivity contribution in [2.24, 2.45) is 5.73 Å². The summed E-state index contributed by atoms with van der Waals surface area (Å²) < 4.78 is 0. The van der Waals surface area contributed by atoms with Crippen molar-refractivity contribution in [3.8, 4) is 0 Å². The van der Waals surface area contributed by atoms with Crippen LogP contribution in [0.5, 0.6) is 0 Å². The number of nitrogens with one attached hydrogen (secondary N) is 1. The zero-order valence-electron chi connectivity index (χ0n) is 5.88. The topological polar surface area (TPSA) is 95.2 Å². The van der Waals surface area contributed by atoms with Crippen molar-refractivity contribution in [2.75, 3.05) is 0 Å². The van der Waals surface area contributed by atoms with Crippen LogP contribution < -0.4 is 67.5 Å². The van der Waals surface area contributed by atoms with Gasteiger partial charge in [-0.05, 0) is 6.92 Å². The molecule has 0 rings (SSSR count). The summed E-state index contributed by atoms with van der Waals surface area (Å²) in [6.07, 6.45) is 0. The minimum Gasteiger partial charge on any atom is -0.548 e. The molecule has 2 amide bonds. The smallest absolute Gasteiger partial charge is 0.548 e. The molecule has 6 heteroatoms. The molecule has 0 heterocycles.